The zero-order valence-electron chi connectivity index (χ0n) is 20.5. The smallest absolute Gasteiger partial charge is 0.221 e. The summed E-state index contributed by atoms with van der Waals surface area (Å²) in [5.74, 6) is 0.0596. The maximum Gasteiger partial charge on any atom is 0.221 e. The van der Waals surface area contributed by atoms with Gasteiger partial charge in [0.2, 0.25) is 5.91 Å². The molecule has 6 nitrogen and oxygen atoms in total. The molecule has 1 saturated carbocycles. The minimum Gasteiger partial charge on any atom is -0.497 e. The summed E-state index contributed by atoms with van der Waals surface area (Å²) in [6, 6.07) is 16.0. The molecule has 1 atom stereocenters. The number of allylic oxidation sites excluding steroid dienone is 2. The summed E-state index contributed by atoms with van der Waals surface area (Å²) in [6.07, 6.45) is 6.10. The molecule has 0 unspecified atom stereocenters. The monoisotopic (exact) mass is 469 g/mol. The molecular formula is C29H31N3O3. The maximum absolute atomic E-state index is 13.3. The third kappa shape index (κ3) is 4.41. The zero-order chi connectivity index (χ0) is 24.5. The van der Waals surface area contributed by atoms with E-state index < -0.39 is 5.92 Å². The number of hydrogen-bond donors (Lipinski definition) is 1. The summed E-state index contributed by atoms with van der Waals surface area (Å²) in [5, 5.41) is 8.20. The third-order valence-corrected chi connectivity index (χ3v) is 7.16. The van der Waals surface area contributed by atoms with Gasteiger partial charge in [0.05, 0.1) is 24.4 Å². The van der Waals surface area contributed by atoms with Gasteiger partial charge in [-0.15, -0.1) is 0 Å². The Morgan fingerprint density at radius 2 is 1.80 bits per heavy atom. The van der Waals surface area contributed by atoms with Gasteiger partial charge in [0, 0.05) is 23.6 Å². The van der Waals surface area contributed by atoms with Crippen molar-refractivity contribution < 1.29 is 14.3 Å². The first-order valence-corrected chi connectivity index (χ1v) is 12.3. The highest BCUT2D eigenvalue weighted by atomic mass is 16.5. The van der Waals surface area contributed by atoms with Crippen molar-refractivity contribution in [3.63, 3.8) is 0 Å². The van der Waals surface area contributed by atoms with E-state index in [1.807, 2.05) is 67.1 Å². The lowest BCUT2D eigenvalue weighted by Gasteiger charge is -2.23. The molecule has 0 spiro atoms. The molecule has 3 aromatic rings. The molecule has 1 heterocycles. The summed E-state index contributed by atoms with van der Waals surface area (Å²) < 4.78 is 7.21. The lowest BCUT2D eigenvalue weighted by molar-refractivity contribution is -0.125. The van der Waals surface area contributed by atoms with Crippen molar-refractivity contribution in [3.8, 4) is 22.7 Å². The molecule has 0 radical (unpaired) electrons. The van der Waals surface area contributed by atoms with Crippen LogP contribution in [0.4, 0.5) is 0 Å². The van der Waals surface area contributed by atoms with Crippen LogP contribution in [-0.2, 0) is 9.59 Å². The Labute approximate surface area is 206 Å². The number of para-hydroxylation sites is 1. The SMILES string of the molecule is COc1ccc(-c2nn(-c3ccccc3C)c3c2C(C)=CC(=O)[C@H]3CC(=O)NC2CCCC2)cc1. The fraction of sp³-hybridized carbons (Fsp3) is 0.345. The molecule has 0 bridgehead atoms. The molecule has 1 aromatic heterocycles. The summed E-state index contributed by atoms with van der Waals surface area (Å²) in [6.45, 7) is 3.98. The van der Waals surface area contributed by atoms with E-state index in [0.717, 1.165) is 70.8 Å². The molecule has 2 aliphatic rings. The number of ketones is 1. The van der Waals surface area contributed by atoms with E-state index in [9.17, 15) is 9.59 Å². The van der Waals surface area contributed by atoms with Gasteiger partial charge in [-0.25, -0.2) is 4.68 Å². The van der Waals surface area contributed by atoms with Crippen LogP contribution >= 0.6 is 0 Å². The Balaban J connectivity index is 1.63. The van der Waals surface area contributed by atoms with Crippen LogP contribution in [-0.4, -0.2) is 34.6 Å². The number of carbonyl (C=O) groups is 2. The molecule has 0 saturated heterocycles. The second-order valence-electron chi connectivity index (χ2n) is 9.57. The number of ether oxygens (including phenoxy) is 1. The van der Waals surface area contributed by atoms with Crippen LogP contribution in [0, 0.1) is 6.92 Å². The Hall–Kier alpha value is -3.67. The second kappa shape index (κ2) is 9.53. The van der Waals surface area contributed by atoms with Crippen molar-refractivity contribution >= 4 is 17.3 Å². The number of hydrogen-bond acceptors (Lipinski definition) is 4. The van der Waals surface area contributed by atoms with Crippen LogP contribution in [0.5, 0.6) is 5.75 Å². The van der Waals surface area contributed by atoms with E-state index in [2.05, 4.69) is 5.32 Å². The van der Waals surface area contributed by atoms with Crippen LogP contribution < -0.4 is 10.1 Å². The minimum absolute atomic E-state index is 0.0485. The van der Waals surface area contributed by atoms with Gasteiger partial charge in [-0.1, -0.05) is 31.0 Å². The van der Waals surface area contributed by atoms with Crippen molar-refractivity contribution in [2.24, 2.45) is 0 Å². The number of carbonyl (C=O) groups excluding carboxylic acids is 2. The van der Waals surface area contributed by atoms with Gasteiger partial charge in [0.15, 0.2) is 5.78 Å². The van der Waals surface area contributed by atoms with E-state index in [1.54, 1.807) is 13.2 Å². The number of amides is 1. The topological polar surface area (TPSA) is 73.2 Å². The van der Waals surface area contributed by atoms with E-state index in [0.29, 0.717) is 0 Å². The molecule has 0 aliphatic heterocycles. The highest BCUT2D eigenvalue weighted by molar-refractivity contribution is 6.07. The Morgan fingerprint density at radius 3 is 2.49 bits per heavy atom. The van der Waals surface area contributed by atoms with Crippen LogP contribution in [0.3, 0.4) is 0 Å². The van der Waals surface area contributed by atoms with Crippen LogP contribution in [0.25, 0.3) is 22.5 Å². The molecular weight excluding hydrogens is 438 g/mol. The largest absolute Gasteiger partial charge is 0.497 e. The molecule has 1 fully saturated rings. The van der Waals surface area contributed by atoms with Crippen LogP contribution in [0.15, 0.2) is 54.6 Å². The van der Waals surface area contributed by atoms with E-state index in [-0.39, 0.29) is 24.2 Å². The van der Waals surface area contributed by atoms with Gasteiger partial charge in [0.1, 0.15) is 11.4 Å². The number of aromatic nitrogens is 2. The predicted molar refractivity (Wildman–Crippen MR) is 137 cm³/mol. The van der Waals surface area contributed by atoms with Crippen molar-refractivity contribution in [1.29, 1.82) is 0 Å². The van der Waals surface area contributed by atoms with Gasteiger partial charge in [-0.05, 0) is 74.2 Å². The molecule has 2 aromatic carbocycles. The first kappa shape index (κ1) is 23.1. The molecule has 180 valence electrons. The Morgan fingerprint density at radius 1 is 1.09 bits per heavy atom. The lowest BCUT2D eigenvalue weighted by atomic mass is 9.83. The van der Waals surface area contributed by atoms with Gasteiger partial charge >= 0.3 is 0 Å². The number of nitrogens with zero attached hydrogens (tertiary/aromatic N) is 2. The fourth-order valence-corrected chi connectivity index (χ4v) is 5.34. The number of benzene rings is 2. The summed E-state index contributed by atoms with van der Waals surface area (Å²) in [7, 11) is 1.64. The highest BCUT2D eigenvalue weighted by Crippen LogP contribution is 2.42. The van der Waals surface area contributed by atoms with Crippen molar-refractivity contribution in [2.45, 2.75) is 57.9 Å². The van der Waals surface area contributed by atoms with Gasteiger partial charge < -0.3 is 10.1 Å². The molecule has 2 aliphatic carbocycles. The number of methoxy groups -OCH3 is 1. The number of fused-ring (bicyclic) bond motifs is 1. The Kier molecular flexibility index (Phi) is 6.29. The van der Waals surface area contributed by atoms with Gasteiger partial charge in [-0.3, -0.25) is 9.59 Å². The Bertz CT molecular complexity index is 1300. The quantitative estimate of drug-likeness (QED) is 0.526. The standard InChI is InChI=1S/C29H31N3O3/c1-18-8-4-7-11-24(18)32-29-23(17-26(34)30-21-9-5-6-10-21)25(33)16-19(2)27(29)28(31-32)20-12-14-22(35-3)15-13-20/h4,7-8,11-16,21,23H,5-6,9-10,17H2,1-3H3,(H,30,34)/t23-/m1/s1. The lowest BCUT2D eigenvalue weighted by Crippen LogP contribution is -2.35. The normalized spacial score (nSPS) is 17.7. The molecule has 1 amide bonds. The fourth-order valence-electron chi connectivity index (χ4n) is 5.34. The first-order valence-electron chi connectivity index (χ1n) is 12.3. The maximum atomic E-state index is 13.3. The van der Waals surface area contributed by atoms with E-state index in [4.69, 9.17) is 9.84 Å². The van der Waals surface area contributed by atoms with Gasteiger partial charge in [0.25, 0.3) is 0 Å². The molecule has 1 N–H and O–H groups in total. The predicted octanol–water partition coefficient (Wildman–Crippen LogP) is 5.37. The number of nitrogens with one attached hydrogen (secondary N) is 1. The molecule has 6 heteroatoms. The summed E-state index contributed by atoms with van der Waals surface area (Å²) in [5.41, 5.74) is 6.27. The van der Waals surface area contributed by atoms with Crippen molar-refractivity contribution in [3.05, 3.63) is 71.4 Å². The van der Waals surface area contributed by atoms with Crippen molar-refractivity contribution in [2.75, 3.05) is 7.11 Å². The summed E-state index contributed by atoms with van der Waals surface area (Å²) in [4.78, 5) is 26.4. The highest BCUT2D eigenvalue weighted by Gasteiger charge is 2.36. The zero-order valence-corrected chi connectivity index (χ0v) is 20.5. The first-order chi connectivity index (χ1) is 17.0. The average molecular weight is 470 g/mol. The molecule has 5 rings (SSSR count). The van der Waals surface area contributed by atoms with E-state index in [1.165, 1.54) is 0 Å². The summed E-state index contributed by atoms with van der Waals surface area (Å²) >= 11 is 0. The van der Waals surface area contributed by atoms with E-state index >= 15 is 0 Å². The number of rotatable bonds is 6. The van der Waals surface area contributed by atoms with Crippen molar-refractivity contribution in [1.82, 2.24) is 15.1 Å². The third-order valence-electron chi connectivity index (χ3n) is 7.16. The number of aryl methyl sites for hydroxylation is 1. The minimum atomic E-state index is -0.589. The van der Waals surface area contributed by atoms with Crippen LogP contribution in [0.2, 0.25) is 0 Å². The average Bonchev–Trinajstić information content (AvgIpc) is 3.50. The van der Waals surface area contributed by atoms with Gasteiger partial charge in [-0.2, -0.15) is 5.10 Å². The van der Waals surface area contributed by atoms with Crippen LogP contribution in [0.1, 0.15) is 61.8 Å². The molecule has 35 heavy (non-hydrogen) atoms. The second-order valence-corrected chi connectivity index (χ2v) is 9.57.